The Morgan fingerprint density at radius 2 is 1.77 bits per heavy atom. The molecule has 3 aromatic rings. The summed E-state index contributed by atoms with van der Waals surface area (Å²) in [4.78, 5) is 28.1. The Morgan fingerprint density at radius 1 is 1.00 bits per heavy atom. The summed E-state index contributed by atoms with van der Waals surface area (Å²) in [6.07, 6.45) is 0. The number of rotatable bonds is 4. The van der Waals surface area contributed by atoms with Crippen LogP contribution in [0.4, 0.5) is 5.69 Å². The number of ether oxygens (including phenoxy) is 2. The molecule has 1 aliphatic rings. The summed E-state index contributed by atoms with van der Waals surface area (Å²) >= 11 is 0. The van der Waals surface area contributed by atoms with Crippen LogP contribution in [0.1, 0.15) is 33.1 Å². The quantitative estimate of drug-likeness (QED) is 0.692. The van der Waals surface area contributed by atoms with E-state index in [-0.39, 0.29) is 18.4 Å². The molecule has 158 valence electrons. The smallest absolute Gasteiger partial charge is 0.258 e. The van der Waals surface area contributed by atoms with Crippen LogP contribution < -0.4 is 14.8 Å². The molecule has 0 fully saturated rings. The second-order valence-electron chi connectivity index (χ2n) is 7.45. The van der Waals surface area contributed by atoms with Crippen LogP contribution in [0.3, 0.4) is 0 Å². The monoisotopic (exact) mass is 416 g/mol. The highest BCUT2D eigenvalue weighted by Gasteiger charge is 2.35. The number of hydrogen-bond donors (Lipinski definition) is 1. The summed E-state index contributed by atoms with van der Waals surface area (Å²) in [5.41, 5.74) is 3.92. The van der Waals surface area contributed by atoms with Gasteiger partial charge in [0.15, 0.2) is 0 Å². The first-order valence-corrected chi connectivity index (χ1v) is 10.00. The minimum absolute atomic E-state index is 0.0820. The standard InChI is InChI=1S/C25H24N2O4/c1-16-9-12-21-20(13-16)24(17-7-5-4-6-8-17)27(15-23(28)26-21)25(29)19-11-10-18(30-2)14-22(19)31-3/h4-14,24H,15H2,1-3H3,(H,26,28)/t24-/m1/s1. The van der Waals surface area contributed by atoms with Crippen LogP contribution in [0.15, 0.2) is 66.7 Å². The first-order chi connectivity index (χ1) is 15.0. The van der Waals surface area contributed by atoms with E-state index >= 15 is 0 Å². The molecule has 31 heavy (non-hydrogen) atoms. The van der Waals surface area contributed by atoms with Crippen LogP contribution in [0.5, 0.6) is 11.5 Å². The molecule has 0 unspecified atom stereocenters. The van der Waals surface area contributed by atoms with Gasteiger partial charge in [0.25, 0.3) is 5.91 Å². The number of amides is 2. The predicted molar refractivity (Wildman–Crippen MR) is 119 cm³/mol. The molecule has 0 radical (unpaired) electrons. The van der Waals surface area contributed by atoms with Crippen LogP contribution >= 0.6 is 0 Å². The van der Waals surface area contributed by atoms with Gasteiger partial charge in [0.05, 0.1) is 25.8 Å². The van der Waals surface area contributed by atoms with E-state index in [2.05, 4.69) is 5.32 Å². The Morgan fingerprint density at radius 3 is 2.48 bits per heavy atom. The van der Waals surface area contributed by atoms with Gasteiger partial charge in [-0.25, -0.2) is 0 Å². The average Bonchev–Trinajstić information content (AvgIpc) is 2.94. The van der Waals surface area contributed by atoms with Crippen molar-refractivity contribution >= 4 is 17.5 Å². The largest absolute Gasteiger partial charge is 0.497 e. The van der Waals surface area contributed by atoms with E-state index in [0.29, 0.717) is 22.7 Å². The van der Waals surface area contributed by atoms with Crippen molar-refractivity contribution in [2.75, 3.05) is 26.1 Å². The van der Waals surface area contributed by atoms with Crippen molar-refractivity contribution in [2.45, 2.75) is 13.0 Å². The molecule has 0 saturated carbocycles. The molecule has 4 rings (SSSR count). The van der Waals surface area contributed by atoms with Crippen molar-refractivity contribution in [1.82, 2.24) is 4.90 Å². The second-order valence-corrected chi connectivity index (χ2v) is 7.45. The number of aryl methyl sites for hydroxylation is 1. The van der Waals surface area contributed by atoms with Crippen LogP contribution in [0, 0.1) is 6.92 Å². The molecule has 3 aromatic carbocycles. The summed E-state index contributed by atoms with van der Waals surface area (Å²) in [6.45, 7) is 1.91. The molecule has 0 aliphatic carbocycles. The van der Waals surface area contributed by atoms with Gasteiger partial charge in [-0.1, -0.05) is 48.0 Å². The lowest BCUT2D eigenvalue weighted by molar-refractivity contribution is -0.117. The molecule has 1 N–H and O–H groups in total. The van der Waals surface area contributed by atoms with Gasteiger partial charge in [-0.15, -0.1) is 0 Å². The maximum atomic E-state index is 13.8. The van der Waals surface area contributed by atoms with Crippen LogP contribution in [-0.2, 0) is 4.79 Å². The molecule has 0 saturated heterocycles. The molecule has 1 atom stereocenters. The zero-order chi connectivity index (χ0) is 22.0. The molecule has 2 amide bonds. The summed E-state index contributed by atoms with van der Waals surface area (Å²) in [6, 6.07) is 20.2. The lowest BCUT2D eigenvalue weighted by Gasteiger charge is -2.31. The third-order valence-corrected chi connectivity index (χ3v) is 5.42. The number of nitrogens with one attached hydrogen (secondary N) is 1. The Balaban J connectivity index is 1.88. The minimum atomic E-state index is -0.436. The van der Waals surface area contributed by atoms with E-state index < -0.39 is 6.04 Å². The third-order valence-electron chi connectivity index (χ3n) is 5.42. The number of anilines is 1. The van der Waals surface area contributed by atoms with Gasteiger partial charge in [-0.3, -0.25) is 9.59 Å². The highest BCUT2D eigenvalue weighted by Crippen LogP contribution is 2.38. The number of carbonyl (C=O) groups is 2. The third kappa shape index (κ3) is 3.97. The molecule has 0 bridgehead atoms. The van der Waals surface area contributed by atoms with Gasteiger partial charge in [-0.05, 0) is 30.7 Å². The van der Waals surface area contributed by atoms with Gasteiger partial charge < -0.3 is 19.7 Å². The van der Waals surface area contributed by atoms with Crippen LogP contribution in [0.2, 0.25) is 0 Å². The number of benzene rings is 3. The highest BCUT2D eigenvalue weighted by molar-refractivity contribution is 6.03. The Kier molecular flexibility index (Phi) is 5.62. The number of carbonyl (C=O) groups excluding carboxylic acids is 2. The molecule has 0 spiro atoms. The summed E-state index contributed by atoms with van der Waals surface area (Å²) in [7, 11) is 3.06. The second kappa shape index (κ2) is 8.52. The van der Waals surface area contributed by atoms with Crippen molar-refractivity contribution < 1.29 is 19.1 Å². The lowest BCUT2D eigenvalue weighted by atomic mass is 9.94. The van der Waals surface area contributed by atoms with E-state index in [4.69, 9.17) is 9.47 Å². The number of hydrogen-bond acceptors (Lipinski definition) is 4. The van der Waals surface area contributed by atoms with E-state index in [1.807, 2.05) is 55.5 Å². The fourth-order valence-electron chi connectivity index (χ4n) is 3.94. The summed E-state index contributed by atoms with van der Waals surface area (Å²) in [5.74, 6) is 0.440. The fraction of sp³-hybridized carbons (Fsp3) is 0.200. The van der Waals surface area contributed by atoms with E-state index in [1.54, 1.807) is 30.2 Å². The van der Waals surface area contributed by atoms with E-state index in [9.17, 15) is 9.59 Å². The van der Waals surface area contributed by atoms with Gasteiger partial charge in [-0.2, -0.15) is 0 Å². The lowest BCUT2D eigenvalue weighted by Crippen LogP contribution is -2.39. The van der Waals surface area contributed by atoms with Crippen molar-refractivity contribution in [2.24, 2.45) is 0 Å². The molecule has 1 heterocycles. The first-order valence-electron chi connectivity index (χ1n) is 10.00. The van der Waals surface area contributed by atoms with Gasteiger partial charge in [0.2, 0.25) is 5.91 Å². The molecular weight excluding hydrogens is 392 g/mol. The zero-order valence-corrected chi connectivity index (χ0v) is 17.7. The molecule has 1 aliphatic heterocycles. The SMILES string of the molecule is COc1ccc(C(=O)N2CC(=O)Nc3ccc(C)cc3[C@H]2c2ccccc2)c(OC)c1. The Bertz CT molecular complexity index is 1130. The van der Waals surface area contributed by atoms with Gasteiger partial charge >= 0.3 is 0 Å². The van der Waals surface area contributed by atoms with Gasteiger partial charge in [0.1, 0.15) is 18.0 Å². The summed E-state index contributed by atoms with van der Waals surface area (Å²) in [5, 5.41) is 2.95. The summed E-state index contributed by atoms with van der Waals surface area (Å²) < 4.78 is 10.7. The number of fused-ring (bicyclic) bond motifs is 1. The maximum absolute atomic E-state index is 13.8. The van der Waals surface area contributed by atoms with Crippen molar-refractivity contribution in [1.29, 1.82) is 0 Å². The normalized spacial score (nSPS) is 15.5. The van der Waals surface area contributed by atoms with Crippen LogP contribution in [0.25, 0.3) is 0 Å². The average molecular weight is 416 g/mol. The Labute approximate surface area is 181 Å². The van der Waals surface area contributed by atoms with Crippen molar-refractivity contribution in [3.8, 4) is 11.5 Å². The van der Waals surface area contributed by atoms with E-state index in [1.165, 1.54) is 7.11 Å². The molecule has 6 heteroatoms. The van der Waals surface area contributed by atoms with Crippen molar-refractivity contribution in [3.63, 3.8) is 0 Å². The molecular formula is C25H24N2O4. The molecule has 0 aromatic heterocycles. The predicted octanol–water partition coefficient (Wildman–Crippen LogP) is 4.20. The topological polar surface area (TPSA) is 67.9 Å². The zero-order valence-electron chi connectivity index (χ0n) is 17.7. The van der Waals surface area contributed by atoms with Crippen molar-refractivity contribution in [3.05, 3.63) is 89.0 Å². The Hall–Kier alpha value is -3.80. The fourth-order valence-corrected chi connectivity index (χ4v) is 3.94. The number of methoxy groups -OCH3 is 2. The van der Waals surface area contributed by atoms with Crippen LogP contribution in [-0.4, -0.2) is 37.5 Å². The van der Waals surface area contributed by atoms with E-state index in [0.717, 1.165) is 16.7 Å². The minimum Gasteiger partial charge on any atom is -0.497 e. The first kappa shape index (κ1) is 20.5. The highest BCUT2D eigenvalue weighted by atomic mass is 16.5. The molecule has 6 nitrogen and oxygen atoms in total. The number of nitrogens with zero attached hydrogens (tertiary/aromatic N) is 1. The van der Waals surface area contributed by atoms with Gasteiger partial charge in [0, 0.05) is 17.3 Å². The maximum Gasteiger partial charge on any atom is 0.258 e.